The van der Waals surface area contributed by atoms with Crippen LogP contribution in [0.15, 0.2) is 42.7 Å². The van der Waals surface area contributed by atoms with Crippen LogP contribution in [0.3, 0.4) is 0 Å². The van der Waals surface area contributed by atoms with Crippen LogP contribution in [0.4, 0.5) is 11.4 Å². The maximum atomic E-state index is 12.7. The quantitative estimate of drug-likeness (QED) is 0.848. The minimum absolute atomic E-state index is 0.0580. The topological polar surface area (TPSA) is 59.2 Å². The highest BCUT2D eigenvalue weighted by molar-refractivity contribution is 6.10. The van der Waals surface area contributed by atoms with E-state index in [4.69, 9.17) is 5.73 Å². The second-order valence-electron chi connectivity index (χ2n) is 4.82. The first-order valence-corrected chi connectivity index (χ1v) is 6.29. The van der Waals surface area contributed by atoms with Gasteiger partial charge in [-0.1, -0.05) is 18.2 Å². The van der Waals surface area contributed by atoms with Gasteiger partial charge in [-0.3, -0.25) is 9.78 Å². The number of para-hydroxylation sites is 1. The zero-order chi connectivity index (χ0) is 13.4. The highest BCUT2D eigenvalue weighted by Gasteiger charge is 2.31. The SMILES string of the molecule is CC1Cc2ccccc2N1C(=O)c1ccncc1N. The Kier molecular flexibility index (Phi) is 2.71. The molecule has 1 aromatic heterocycles. The summed E-state index contributed by atoms with van der Waals surface area (Å²) in [5.74, 6) is -0.0580. The summed E-state index contributed by atoms with van der Waals surface area (Å²) < 4.78 is 0. The lowest BCUT2D eigenvalue weighted by Crippen LogP contribution is -2.36. The number of carbonyl (C=O) groups is 1. The van der Waals surface area contributed by atoms with Crippen LogP contribution in [0.5, 0.6) is 0 Å². The molecule has 1 aliphatic rings. The van der Waals surface area contributed by atoms with Crippen LogP contribution < -0.4 is 10.6 Å². The van der Waals surface area contributed by atoms with E-state index in [2.05, 4.69) is 18.0 Å². The molecule has 1 unspecified atom stereocenters. The monoisotopic (exact) mass is 253 g/mol. The third-order valence-electron chi connectivity index (χ3n) is 3.51. The first kappa shape index (κ1) is 11.7. The number of nitrogens with zero attached hydrogens (tertiary/aromatic N) is 2. The van der Waals surface area contributed by atoms with Crippen molar-refractivity contribution in [1.29, 1.82) is 0 Å². The van der Waals surface area contributed by atoms with E-state index in [9.17, 15) is 4.79 Å². The number of carbonyl (C=O) groups excluding carboxylic acids is 1. The average Bonchev–Trinajstić information content (AvgIpc) is 2.74. The van der Waals surface area contributed by atoms with Crippen molar-refractivity contribution in [3.05, 3.63) is 53.9 Å². The number of hydrogen-bond acceptors (Lipinski definition) is 3. The standard InChI is InChI=1S/C15H15N3O/c1-10-8-11-4-2-3-5-14(11)18(10)15(19)12-6-7-17-9-13(12)16/h2-7,9-10H,8,16H2,1H3. The maximum Gasteiger partial charge on any atom is 0.260 e. The molecule has 1 atom stereocenters. The van der Waals surface area contributed by atoms with E-state index in [-0.39, 0.29) is 11.9 Å². The van der Waals surface area contributed by atoms with Gasteiger partial charge in [-0.25, -0.2) is 0 Å². The smallest absolute Gasteiger partial charge is 0.260 e. The second kappa shape index (κ2) is 4.39. The Labute approximate surface area is 111 Å². The number of rotatable bonds is 1. The average molecular weight is 253 g/mol. The molecular formula is C15H15N3O. The lowest BCUT2D eigenvalue weighted by Gasteiger charge is -2.23. The van der Waals surface area contributed by atoms with Gasteiger partial charge in [0.25, 0.3) is 5.91 Å². The Morgan fingerprint density at radius 3 is 2.95 bits per heavy atom. The highest BCUT2D eigenvalue weighted by Crippen LogP contribution is 2.33. The number of benzene rings is 1. The summed E-state index contributed by atoms with van der Waals surface area (Å²) in [7, 11) is 0. The molecule has 2 aromatic rings. The molecule has 0 fully saturated rings. The van der Waals surface area contributed by atoms with E-state index in [0.29, 0.717) is 11.3 Å². The summed E-state index contributed by atoms with van der Waals surface area (Å²) in [5.41, 5.74) is 8.96. The molecule has 0 bridgehead atoms. The molecule has 2 heterocycles. The highest BCUT2D eigenvalue weighted by atomic mass is 16.2. The van der Waals surface area contributed by atoms with E-state index in [1.54, 1.807) is 12.3 Å². The Bertz CT molecular complexity index is 639. The van der Waals surface area contributed by atoms with Crippen molar-refractivity contribution < 1.29 is 4.79 Å². The fraction of sp³-hybridized carbons (Fsp3) is 0.200. The minimum Gasteiger partial charge on any atom is -0.397 e. The van der Waals surface area contributed by atoms with E-state index in [0.717, 1.165) is 12.1 Å². The first-order chi connectivity index (χ1) is 9.18. The van der Waals surface area contributed by atoms with Gasteiger partial charge >= 0.3 is 0 Å². The Morgan fingerprint density at radius 1 is 1.37 bits per heavy atom. The van der Waals surface area contributed by atoms with Crippen molar-refractivity contribution in [2.75, 3.05) is 10.6 Å². The summed E-state index contributed by atoms with van der Waals surface area (Å²) in [6, 6.07) is 9.82. The van der Waals surface area contributed by atoms with Crippen molar-refractivity contribution >= 4 is 17.3 Å². The molecule has 4 nitrogen and oxygen atoms in total. The molecule has 2 N–H and O–H groups in total. The zero-order valence-corrected chi connectivity index (χ0v) is 10.7. The van der Waals surface area contributed by atoms with Crippen molar-refractivity contribution in [3.8, 4) is 0 Å². The lowest BCUT2D eigenvalue weighted by molar-refractivity contribution is 0.0982. The molecule has 0 spiro atoms. The van der Waals surface area contributed by atoms with Gasteiger partial charge in [0.1, 0.15) is 0 Å². The van der Waals surface area contributed by atoms with Gasteiger partial charge in [-0.05, 0) is 31.0 Å². The van der Waals surface area contributed by atoms with E-state index in [1.165, 1.54) is 11.8 Å². The third kappa shape index (κ3) is 1.85. The van der Waals surface area contributed by atoms with Gasteiger partial charge in [-0.2, -0.15) is 0 Å². The van der Waals surface area contributed by atoms with Crippen molar-refractivity contribution in [3.63, 3.8) is 0 Å². The van der Waals surface area contributed by atoms with Crippen molar-refractivity contribution in [2.24, 2.45) is 0 Å². The maximum absolute atomic E-state index is 12.7. The van der Waals surface area contributed by atoms with Crippen LogP contribution in [0.2, 0.25) is 0 Å². The predicted molar refractivity (Wildman–Crippen MR) is 75.1 cm³/mol. The predicted octanol–water partition coefficient (Wildman–Crippen LogP) is 2.26. The number of nitrogen functional groups attached to an aromatic ring is 1. The number of pyridine rings is 1. The van der Waals surface area contributed by atoms with Crippen LogP contribution in [0, 0.1) is 0 Å². The largest absolute Gasteiger partial charge is 0.397 e. The van der Waals surface area contributed by atoms with Gasteiger partial charge in [0.2, 0.25) is 0 Å². The van der Waals surface area contributed by atoms with E-state index < -0.39 is 0 Å². The van der Waals surface area contributed by atoms with Crippen molar-refractivity contribution in [2.45, 2.75) is 19.4 Å². The summed E-state index contributed by atoms with van der Waals surface area (Å²) in [4.78, 5) is 18.4. The second-order valence-corrected chi connectivity index (χ2v) is 4.82. The van der Waals surface area contributed by atoms with Crippen LogP contribution in [0.1, 0.15) is 22.8 Å². The van der Waals surface area contributed by atoms with Crippen LogP contribution in [0.25, 0.3) is 0 Å². The summed E-state index contributed by atoms with van der Waals surface area (Å²) >= 11 is 0. The normalized spacial score (nSPS) is 17.3. The van der Waals surface area contributed by atoms with Gasteiger partial charge in [0, 0.05) is 17.9 Å². The lowest BCUT2D eigenvalue weighted by atomic mass is 10.1. The van der Waals surface area contributed by atoms with Gasteiger partial charge in [0.05, 0.1) is 17.4 Å². The fourth-order valence-electron chi connectivity index (χ4n) is 2.61. The molecule has 19 heavy (non-hydrogen) atoms. The molecule has 96 valence electrons. The number of fused-ring (bicyclic) bond motifs is 1. The number of hydrogen-bond donors (Lipinski definition) is 1. The van der Waals surface area contributed by atoms with Crippen LogP contribution in [-0.2, 0) is 6.42 Å². The third-order valence-corrected chi connectivity index (χ3v) is 3.51. The molecule has 0 radical (unpaired) electrons. The Balaban J connectivity index is 2.03. The molecular weight excluding hydrogens is 238 g/mol. The summed E-state index contributed by atoms with van der Waals surface area (Å²) in [6.45, 7) is 2.05. The number of nitrogens with two attached hydrogens (primary N) is 1. The molecule has 4 heteroatoms. The van der Waals surface area contributed by atoms with Crippen molar-refractivity contribution in [1.82, 2.24) is 4.98 Å². The molecule has 1 amide bonds. The van der Waals surface area contributed by atoms with Crippen LogP contribution >= 0.6 is 0 Å². The molecule has 1 aromatic carbocycles. The van der Waals surface area contributed by atoms with Gasteiger partial charge < -0.3 is 10.6 Å². The molecule has 3 rings (SSSR count). The van der Waals surface area contributed by atoms with Crippen LogP contribution in [-0.4, -0.2) is 16.9 Å². The Morgan fingerprint density at radius 2 is 2.16 bits per heavy atom. The minimum atomic E-state index is -0.0580. The van der Waals surface area contributed by atoms with E-state index >= 15 is 0 Å². The van der Waals surface area contributed by atoms with Gasteiger partial charge in [0.15, 0.2) is 0 Å². The number of anilines is 2. The molecule has 0 saturated carbocycles. The number of amides is 1. The summed E-state index contributed by atoms with van der Waals surface area (Å²) in [5, 5.41) is 0. The molecule has 0 aliphatic carbocycles. The van der Waals surface area contributed by atoms with E-state index in [1.807, 2.05) is 23.1 Å². The Hall–Kier alpha value is -2.36. The van der Waals surface area contributed by atoms with Gasteiger partial charge in [-0.15, -0.1) is 0 Å². The fourth-order valence-corrected chi connectivity index (χ4v) is 2.61. The first-order valence-electron chi connectivity index (χ1n) is 6.29. The molecule has 1 aliphatic heterocycles. The molecule has 0 saturated heterocycles. The number of aromatic nitrogens is 1. The zero-order valence-electron chi connectivity index (χ0n) is 10.7. The summed E-state index contributed by atoms with van der Waals surface area (Å²) in [6.07, 6.45) is 3.99.